The Kier molecular flexibility index (Phi) is 7.40. The van der Waals surface area contributed by atoms with Gasteiger partial charge in [-0.2, -0.15) is 0 Å². The van der Waals surface area contributed by atoms with E-state index in [9.17, 15) is 14.0 Å². The lowest BCUT2D eigenvalue weighted by atomic mass is 9.87. The molecule has 0 fully saturated rings. The maximum absolute atomic E-state index is 13.7. The van der Waals surface area contributed by atoms with Crippen LogP contribution in [0.2, 0.25) is 0 Å². The van der Waals surface area contributed by atoms with Gasteiger partial charge in [-0.25, -0.2) is 4.39 Å². The molecule has 150 valence electrons. The van der Waals surface area contributed by atoms with Crippen molar-refractivity contribution in [2.75, 3.05) is 12.8 Å². The van der Waals surface area contributed by atoms with Crippen LogP contribution in [0.4, 0.5) is 10.1 Å². The van der Waals surface area contributed by atoms with Gasteiger partial charge in [-0.15, -0.1) is 12.4 Å². The smallest absolute Gasteiger partial charge is 0.220 e. The maximum atomic E-state index is 13.7. The van der Waals surface area contributed by atoms with Gasteiger partial charge < -0.3 is 15.8 Å². The van der Waals surface area contributed by atoms with E-state index in [2.05, 4.69) is 5.32 Å². The minimum absolute atomic E-state index is 0. The Bertz CT molecular complexity index is 873. The van der Waals surface area contributed by atoms with Crippen LogP contribution in [0, 0.1) is 5.82 Å². The monoisotopic (exact) mass is 406 g/mol. The molecule has 0 spiro atoms. The SMILES string of the molecule is COc1ccc(C(=O)CCC(=O)NC2CCCc3cc(N)ccc32)cc1F.Cl. The number of fused-ring (bicyclic) bond motifs is 1. The lowest BCUT2D eigenvalue weighted by Crippen LogP contribution is -2.31. The molecule has 0 saturated carbocycles. The minimum atomic E-state index is -0.592. The van der Waals surface area contributed by atoms with E-state index in [-0.39, 0.29) is 54.3 Å². The summed E-state index contributed by atoms with van der Waals surface area (Å²) in [6.45, 7) is 0. The zero-order chi connectivity index (χ0) is 19.4. The molecule has 0 saturated heterocycles. The molecule has 3 N–H and O–H groups in total. The van der Waals surface area contributed by atoms with Crippen molar-refractivity contribution in [3.8, 4) is 5.75 Å². The highest BCUT2D eigenvalue weighted by Gasteiger charge is 2.22. The Morgan fingerprint density at radius 1 is 1.21 bits per heavy atom. The number of nitrogens with two attached hydrogens (primary N) is 1. The molecule has 1 atom stereocenters. The van der Waals surface area contributed by atoms with Crippen LogP contribution in [-0.4, -0.2) is 18.8 Å². The van der Waals surface area contributed by atoms with Crippen molar-refractivity contribution in [1.29, 1.82) is 0 Å². The first kappa shape index (κ1) is 21.7. The van der Waals surface area contributed by atoms with Crippen LogP contribution < -0.4 is 15.8 Å². The fourth-order valence-corrected chi connectivity index (χ4v) is 3.46. The number of ketones is 1. The summed E-state index contributed by atoms with van der Waals surface area (Å²) in [6.07, 6.45) is 2.88. The number of Topliss-reactive ketones (excluding diaryl/α,β-unsaturated/α-hetero) is 1. The third kappa shape index (κ3) is 5.01. The van der Waals surface area contributed by atoms with Crippen LogP contribution >= 0.6 is 12.4 Å². The van der Waals surface area contributed by atoms with E-state index in [0.29, 0.717) is 0 Å². The topological polar surface area (TPSA) is 81.4 Å². The number of nitrogens with one attached hydrogen (secondary N) is 1. The largest absolute Gasteiger partial charge is 0.494 e. The first-order valence-corrected chi connectivity index (χ1v) is 9.02. The second-order valence-electron chi connectivity index (χ2n) is 6.74. The molecule has 3 rings (SSSR count). The lowest BCUT2D eigenvalue weighted by molar-refractivity contribution is -0.121. The summed E-state index contributed by atoms with van der Waals surface area (Å²) in [7, 11) is 1.36. The molecule has 0 aliphatic heterocycles. The molecule has 0 heterocycles. The van der Waals surface area contributed by atoms with E-state index >= 15 is 0 Å². The summed E-state index contributed by atoms with van der Waals surface area (Å²) in [5.41, 5.74) is 9.04. The summed E-state index contributed by atoms with van der Waals surface area (Å²) in [4.78, 5) is 24.5. The molecule has 2 aromatic carbocycles. The number of amides is 1. The summed E-state index contributed by atoms with van der Waals surface area (Å²) in [6, 6.07) is 9.74. The minimum Gasteiger partial charge on any atom is -0.494 e. The Morgan fingerprint density at radius 3 is 2.71 bits per heavy atom. The molecule has 0 bridgehead atoms. The molecule has 2 aromatic rings. The summed E-state index contributed by atoms with van der Waals surface area (Å²) >= 11 is 0. The predicted octanol–water partition coefficient (Wildman–Crippen LogP) is 4.00. The van der Waals surface area contributed by atoms with Gasteiger partial charge in [0.1, 0.15) is 0 Å². The third-order valence-corrected chi connectivity index (χ3v) is 4.87. The van der Waals surface area contributed by atoms with Crippen molar-refractivity contribution in [3.05, 3.63) is 58.9 Å². The molecular formula is C21H24ClFN2O3. The molecule has 1 aliphatic carbocycles. The zero-order valence-corrected chi connectivity index (χ0v) is 16.5. The highest BCUT2D eigenvalue weighted by atomic mass is 35.5. The van der Waals surface area contributed by atoms with Crippen LogP contribution in [0.1, 0.15) is 53.2 Å². The number of carbonyl (C=O) groups is 2. The van der Waals surface area contributed by atoms with E-state index in [1.165, 1.54) is 19.2 Å². The van der Waals surface area contributed by atoms with Gasteiger partial charge in [-0.05, 0) is 60.7 Å². The number of aryl methyl sites for hydroxylation is 1. The normalized spacial score (nSPS) is 15.1. The van der Waals surface area contributed by atoms with Crippen LogP contribution in [0.5, 0.6) is 5.75 Å². The summed E-state index contributed by atoms with van der Waals surface area (Å²) in [5.74, 6) is -0.970. The number of anilines is 1. The van der Waals surface area contributed by atoms with Gasteiger partial charge in [0.05, 0.1) is 13.2 Å². The quantitative estimate of drug-likeness (QED) is 0.561. The van der Waals surface area contributed by atoms with Gasteiger partial charge in [0, 0.05) is 24.1 Å². The molecule has 1 amide bonds. The number of halogens is 2. The number of ether oxygens (including phenoxy) is 1. The first-order chi connectivity index (χ1) is 13.0. The van der Waals surface area contributed by atoms with Crippen molar-refractivity contribution < 1.29 is 18.7 Å². The van der Waals surface area contributed by atoms with Crippen LogP contribution in [0.25, 0.3) is 0 Å². The van der Waals surface area contributed by atoms with E-state index in [4.69, 9.17) is 10.5 Å². The fraction of sp³-hybridized carbons (Fsp3) is 0.333. The molecule has 0 radical (unpaired) electrons. The van der Waals surface area contributed by atoms with Gasteiger partial charge in [0.15, 0.2) is 17.3 Å². The molecule has 1 aliphatic rings. The van der Waals surface area contributed by atoms with Gasteiger partial charge in [-0.1, -0.05) is 6.07 Å². The van der Waals surface area contributed by atoms with Gasteiger partial charge in [0.2, 0.25) is 5.91 Å². The Hall–Kier alpha value is -2.60. The number of benzene rings is 2. The van der Waals surface area contributed by atoms with Crippen molar-refractivity contribution in [1.82, 2.24) is 5.32 Å². The summed E-state index contributed by atoms with van der Waals surface area (Å²) in [5, 5.41) is 3.00. The van der Waals surface area contributed by atoms with E-state index < -0.39 is 5.82 Å². The number of methoxy groups -OCH3 is 1. The van der Waals surface area contributed by atoms with Crippen molar-refractivity contribution in [3.63, 3.8) is 0 Å². The average Bonchev–Trinajstić information content (AvgIpc) is 2.66. The number of hydrogen-bond donors (Lipinski definition) is 2. The van der Waals surface area contributed by atoms with E-state index in [1.54, 1.807) is 0 Å². The lowest BCUT2D eigenvalue weighted by Gasteiger charge is -2.26. The number of rotatable bonds is 6. The second kappa shape index (κ2) is 9.55. The molecule has 0 aromatic heterocycles. The number of carbonyl (C=O) groups excluding carboxylic acids is 2. The van der Waals surface area contributed by atoms with Crippen molar-refractivity contribution in [2.45, 2.75) is 38.1 Å². The molecule has 1 unspecified atom stereocenters. The molecular weight excluding hydrogens is 383 g/mol. The van der Waals surface area contributed by atoms with Gasteiger partial charge in [0.25, 0.3) is 0 Å². The van der Waals surface area contributed by atoms with Gasteiger partial charge >= 0.3 is 0 Å². The fourth-order valence-electron chi connectivity index (χ4n) is 3.46. The standard InChI is InChI=1S/C21H23FN2O3.ClH/c1-27-20-9-5-14(12-17(20)22)19(25)8-10-21(26)24-18-4-2-3-13-11-15(23)6-7-16(13)18;/h5-7,9,11-12,18H,2-4,8,10,23H2,1H3,(H,24,26);1H. The summed E-state index contributed by atoms with van der Waals surface area (Å²) < 4.78 is 18.6. The molecule has 5 nitrogen and oxygen atoms in total. The maximum Gasteiger partial charge on any atom is 0.220 e. The van der Waals surface area contributed by atoms with Crippen molar-refractivity contribution in [2.24, 2.45) is 0 Å². The van der Waals surface area contributed by atoms with E-state index in [1.807, 2.05) is 18.2 Å². The molecule has 7 heteroatoms. The van der Waals surface area contributed by atoms with Crippen LogP contribution in [0.15, 0.2) is 36.4 Å². The highest BCUT2D eigenvalue weighted by molar-refractivity contribution is 5.98. The Labute approximate surface area is 169 Å². The highest BCUT2D eigenvalue weighted by Crippen LogP contribution is 2.31. The number of hydrogen-bond acceptors (Lipinski definition) is 4. The Morgan fingerprint density at radius 2 is 2.00 bits per heavy atom. The predicted molar refractivity (Wildman–Crippen MR) is 108 cm³/mol. The van der Waals surface area contributed by atoms with E-state index in [0.717, 1.165) is 42.1 Å². The molecule has 28 heavy (non-hydrogen) atoms. The van der Waals surface area contributed by atoms with Gasteiger partial charge in [-0.3, -0.25) is 9.59 Å². The first-order valence-electron chi connectivity index (χ1n) is 9.02. The van der Waals surface area contributed by atoms with Crippen molar-refractivity contribution >= 4 is 29.8 Å². The Balaban J connectivity index is 0.00000280. The zero-order valence-electron chi connectivity index (χ0n) is 15.7. The number of nitrogen functional groups attached to an aromatic ring is 1. The van der Waals surface area contributed by atoms with Crippen LogP contribution in [-0.2, 0) is 11.2 Å². The second-order valence-corrected chi connectivity index (χ2v) is 6.74. The third-order valence-electron chi connectivity index (χ3n) is 4.87. The average molecular weight is 407 g/mol. The van der Waals surface area contributed by atoms with Crippen LogP contribution in [0.3, 0.4) is 0 Å².